The number of carbonyl (C=O) groups excluding carboxylic acids is 1. The number of hydrogen-bond acceptors (Lipinski definition) is 2. The molecule has 2 rings (SSSR count). The summed E-state index contributed by atoms with van der Waals surface area (Å²) in [5, 5.41) is 6.84. The van der Waals surface area contributed by atoms with Gasteiger partial charge < -0.3 is 16.4 Å². The van der Waals surface area contributed by atoms with Crippen molar-refractivity contribution in [3.8, 4) is 0 Å². The first kappa shape index (κ1) is 19.1. The van der Waals surface area contributed by atoms with Gasteiger partial charge in [0.2, 0.25) is 0 Å². The summed E-state index contributed by atoms with van der Waals surface area (Å²) in [6.07, 6.45) is 0. The number of amides is 1. The van der Waals surface area contributed by atoms with Crippen molar-refractivity contribution in [2.45, 2.75) is 19.5 Å². The SMILES string of the molecule is CNC(=O)c1cccc(CN=C(N)NC(C)c2ccc(Cl)cc2Cl)c1. The zero-order valence-corrected chi connectivity index (χ0v) is 15.5. The highest BCUT2D eigenvalue weighted by atomic mass is 35.5. The van der Waals surface area contributed by atoms with Gasteiger partial charge in [0.05, 0.1) is 12.6 Å². The Hall–Kier alpha value is -2.24. The van der Waals surface area contributed by atoms with Gasteiger partial charge >= 0.3 is 0 Å². The lowest BCUT2D eigenvalue weighted by molar-refractivity contribution is 0.0963. The molecule has 0 aliphatic heterocycles. The first-order valence-electron chi connectivity index (χ1n) is 7.73. The fraction of sp³-hybridized carbons (Fsp3) is 0.222. The molecule has 5 nitrogen and oxygen atoms in total. The van der Waals surface area contributed by atoms with E-state index in [-0.39, 0.29) is 11.9 Å². The molecule has 1 unspecified atom stereocenters. The predicted molar refractivity (Wildman–Crippen MR) is 103 cm³/mol. The van der Waals surface area contributed by atoms with Crippen LogP contribution in [-0.4, -0.2) is 18.9 Å². The van der Waals surface area contributed by atoms with Crippen LogP contribution in [0.3, 0.4) is 0 Å². The number of nitrogens with two attached hydrogens (primary N) is 1. The first-order chi connectivity index (χ1) is 11.9. The number of nitrogens with one attached hydrogen (secondary N) is 2. The van der Waals surface area contributed by atoms with E-state index in [1.165, 1.54) is 0 Å². The van der Waals surface area contributed by atoms with Crippen LogP contribution in [0, 0.1) is 0 Å². The fourth-order valence-electron chi connectivity index (χ4n) is 2.33. The summed E-state index contributed by atoms with van der Waals surface area (Å²) in [7, 11) is 1.60. The molecule has 0 fully saturated rings. The van der Waals surface area contributed by atoms with E-state index < -0.39 is 0 Å². The number of nitrogens with zero attached hydrogens (tertiary/aromatic N) is 1. The van der Waals surface area contributed by atoms with Crippen molar-refractivity contribution in [2.75, 3.05) is 7.05 Å². The highest BCUT2D eigenvalue weighted by Gasteiger charge is 2.10. The first-order valence-corrected chi connectivity index (χ1v) is 8.48. The maximum atomic E-state index is 11.7. The van der Waals surface area contributed by atoms with E-state index in [2.05, 4.69) is 15.6 Å². The van der Waals surface area contributed by atoms with E-state index in [9.17, 15) is 4.79 Å². The summed E-state index contributed by atoms with van der Waals surface area (Å²) < 4.78 is 0. The minimum Gasteiger partial charge on any atom is -0.370 e. The lowest BCUT2D eigenvalue weighted by Crippen LogP contribution is -2.34. The zero-order valence-electron chi connectivity index (χ0n) is 14.0. The standard InChI is InChI=1S/C18H20Cl2N4O/c1-11(15-7-6-14(19)9-16(15)20)24-18(21)23-10-12-4-3-5-13(8-12)17(25)22-2/h3-9,11H,10H2,1-2H3,(H,22,25)(H3,21,23,24). The molecule has 25 heavy (non-hydrogen) atoms. The molecule has 1 atom stereocenters. The Kier molecular flexibility index (Phi) is 6.67. The summed E-state index contributed by atoms with van der Waals surface area (Å²) >= 11 is 12.1. The van der Waals surface area contributed by atoms with Crippen molar-refractivity contribution in [3.05, 3.63) is 69.2 Å². The molecule has 4 N–H and O–H groups in total. The molecule has 2 aromatic rings. The van der Waals surface area contributed by atoms with Gasteiger partial charge in [-0.05, 0) is 42.3 Å². The van der Waals surface area contributed by atoms with Crippen molar-refractivity contribution in [1.29, 1.82) is 0 Å². The van der Waals surface area contributed by atoms with Crippen LogP contribution in [0.4, 0.5) is 0 Å². The maximum absolute atomic E-state index is 11.7. The fourth-order valence-corrected chi connectivity index (χ4v) is 2.90. The average Bonchev–Trinajstić information content (AvgIpc) is 2.59. The molecule has 0 radical (unpaired) electrons. The topological polar surface area (TPSA) is 79.5 Å². The Labute approximate surface area is 157 Å². The zero-order chi connectivity index (χ0) is 18.4. The number of hydrogen-bond donors (Lipinski definition) is 3. The Balaban J connectivity index is 2.03. The van der Waals surface area contributed by atoms with E-state index in [0.29, 0.717) is 28.1 Å². The van der Waals surface area contributed by atoms with Crippen LogP contribution in [0.25, 0.3) is 0 Å². The molecule has 0 aliphatic rings. The smallest absolute Gasteiger partial charge is 0.251 e. The second-order valence-corrected chi connectivity index (χ2v) is 6.36. The van der Waals surface area contributed by atoms with Crippen LogP contribution < -0.4 is 16.4 Å². The molecule has 2 aromatic carbocycles. The number of guanidine groups is 1. The van der Waals surface area contributed by atoms with E-state index >= 15 is 0 Å². The number of carbonyl (C=O) groups is 1. The molecule has 0 saturated carbocycles. The van der Waals surface area contributed by atoms with Crippen LogP contribution in [0.2, 0.25) is 10.0 Å². The van der Waals surface area contributed by atoms with Gasteiger partial charge in [0.25, 0.3) is 5.91 Å². The summed E-state index contributed by atoms with van der Waals surface area (Å²) in [5.41, 5.74) is 8.31. The van der Waals surface area contributed by atoms with Crippen LogP contribution in [-0.2, 0) is 6.54 Å². The molecule has 0 heterocycles. The minimum atomic E-state index is -0.136. The predicted octanol–water partition coefficient (Wildman–Crippen LogP) is 3.52. The van der Waals surface area contributed by atoms with Crippen molar-refractivity contribution >= 4 is 35.1 Å². The van der Waals surface area contributed by atoms with E-state index in [0.717, 1.165) is 11.1 Å². The third-order valence-corrected chi connectivity index (χ3v) is 4.20. The second kappa shape index (κ2) is 8.74. The number of rotatable bonds is 5. The third-order valence-electron chi connectivity index (χ3n) is 3.64. The molecule has 7 heteroatoms. The average molecular weight is 379 g/mol. The van der Waals surface area contributed by atoms with Crippen LogP contribution >= 0.6 is 23.2 Å². The van der Waals surface area contributed by atoms with Gasteiger partial charge in [-0.15, -0.1) is 0 Å². The monoisotopic (exact) mass is 378 g/mol. The summed E-state index contributed by atoms with van der Waals surface area (Å²) in [5.74, 6) is 0.159. The van der Waals surface area contributed by atoms with E-state index in [4.69, 9.17) is 28.9 Å². The van der Waals surface area contributed by atoms with Gasteiger partial charge in [0.15, 0.2) is 5.96 Å². The van der Waals surface area contributed by atoms with Crippen LogP contribution in [0.15, 0.2) is 47.5 Å². The maximum Gasteiger partial charge on any atom is 0.251 e. The Morgan fingerprint density at radius 3 is 2.68 bits per heavy atom. The van der Waals surface area contributed by atoms with Crippen LogP contribution in [0.5, 0.6) is 0 Å². The normalized spacial score (nSPS) is 12.6. The third kappa shape index (κ3) is 5.37. The molecule has 0 aliphatic carbocycles. The second-order valence-electron chi connectivity index (χ2n) is 5.51. The van der Waals surface area contributed by atoms with Gasteiger partial charge in [-0.25, -0.2) is 4.99 Å². The van der Waals surface area contributed by atoms with Crippen molar-refractivity contribution < 1.29 is 4.79 Å². The highest BCUT2D eigenvalue weighted by Crippen LogP contribution is 2.25. The van der Waals surface area contributed by atoms with Crippen molar-refractivity contribution in [2.24, 2.45) is 10.7 Å². The molecule has 132 valence electrons. The molecule has 0 bridgehead atoms. The number of aliphatic imine (C=N–C) groups is 1. The minimum absolute atomic E-state index is 0.120. The van der Waals surface area contributed by atoms with Crippen LogP contribution in [0.1, 0.15) is 34.5 Å². The summed E-state index contributed by atoms with van der Waals surface area (Å²) in [6.45, 7) is 2.30. The van der Waals surface area contributed by atoms with Gasteiger partial charge in [0, 0.05) is 22.7 Å². The summed E-state index contributed by atoms with van der Waals surface area (Å²) in [6, 6.07) is 12.4. The Morgan fingerprint density at radius 2 is 2.00 bits per heavy atom. The number of benzene rings is 2. The summed E-state index contributed by atoms with van der Waals surface area (Å²) in [4.78, 5) is 16.0. The van der Waals surface area contributed by atoms with Crippen molar-refractivity contribution in [3.63, 3.8) is 0 Å². The Morgan fingerprint density at radius 1 is 1.24 bits per heavy atom. The van der Waals surface area contributed by atoms with Gasteiger partial charge in [0.1, 0.15) is 0 Å². The molecule has 1 amide bonds. The molecule has 0 saturated heterocycles. The van der Waals surface area contributed by atoms with Crippen molar-refractivity contribution in [1.82, 2.24) is 10.6 Å². The lowest BCUT2D eigenvalue weighted by atomic mass is 10.1. The van der Waals surface area contributed by atoms with Gasteiger partial charge in [-0.1, -0.05) is 41.4 Å². The molecular formula is C18H20Cl2N4O. The van der Waals surface area contributed by atoms with Gasteiger partial charge in [-0.3, -0.25) is 4.79 Å². The number of halogens is 2. The molecule has 0 aromatic heterocycles. The van der Waals surface area contributed by atoms with E-state index in [1.807, 2.05) is 25.1 Å². The largest absolute Gasteiger partial charge is 0.370 e. The molecular weight excluding hydrogens is 359 g/mol. The highest BCUT2D eigenvalue weighted by molar-refractivity contribution is 6.35. The van der Waals surface area contributed by atoms with Gasteiger partial charge in [-0.2, -0.15) is 0 Å². The Bertz CT molecular complexity index is 792. The lowest BCUT2D eigenvalue weighted by Gasteiger charge is -2.16. The van der Waals surface area contributed by atoms with E-state index in [1.54, 1.807) is 31.3 Å². The quantitative estimate of drug-likeness (QED) is 0.549. The molecule has 0 spiro atoms.